The lowest BCUT2D eigenvalue weighted by Gasteiger charge is -2.17. The Balaban J connectivity index is 2.81. The molecule has 0 unspecified atom stereocenters. The van der Waals surface area contributed by atoms with Gasteiger partial charge in [0.2, 0.25) is 5.91 Å². The fourth-order valence-electron chi connectivity index (χ4n) is 1.41. The van der Waals surface area contributed by atoms with Gasteiger partial charge in [0.15, 0.2) is 0 Å². The second kappa shape index (κ2) is 6.97. The molecule has 108 valence electrons. The predicted molar refractivity (Wildman–Crippen MR) is 71.5 cm³/mol. The molecule has 0 saturated carbocycles. The van der Waals surface area contributed by atoms with Gasteiger partial charge in [0.25, 0.3) is 0 Å². The van der Waals surface area contributed by atoms with Crippen LogP contribution in [0.25, 0.3) is 0 Å². The average Bonchev–Trinajstić information content (AvgIpc) is 2.39. The van der Waals surface area contributed by atoms with Crippen molar-refractivity contribution in [1.29, 1.82) is 0 Å². The second-order valence-electron chi connectivity index (χ2n) is 3.85. The number of anilines is 1. The van der Waals surface area contributed by atoms with E-state index >= 15 is 0 Å². The van der Waals surface area contributed by atoms with E-state index in [1.807, 2.05) is 0 Å². The predicted octanol–water partition coefficient (Wildman–Crippen LogP) is 0.751. The SMILES string of the molecule is CC(=O)N(CCN)C(=O)C(=O)Nc1ccc(F)c(Cl)c1. The molecular formula is C12H13ClFN3O3. The fraction of sp³-hybridized carbons (Fsp3) is 0.250. The molecule has 0 heterocycles. The van der Waals surface area contributed by atoms with E-state index in [1.54, 1.807) is 0 Å². The standard InChI is InChI=1S/C12H13ClFN3O3/c1-7(18)17(5-4-15)12(20)11(19)16-8-2-3-10(14)9(13)6-8/h2-3,6H,4-5,15H2,1H3,(H,16,19). The van der Waals surface area contributed by atoms with Crippen LogP contribution < -0.4 is 11.1 Å². The quantitative estimate of drug-likeness (QED) is 0.806. The third kappa shape index (κ3) is 4.01. The van der Waals surface area contributed by atoms with Gasteiger partial charge in [-0.15, -0.1) is 0 Å². The van der Waals surface area contributed by atoms with Crippen molar-refractivity contribution >= 4 is 35.0 Å². The van der Waals surface area contributed by atoms with Gasteiger partial charge in [-0.3, -0.25) is 19.3 Å². The summed E-state index contributed by atoms with van der Waals surface area (Å²) in [5.74, 6) is -3.31. The van der Waals surface area contributed by atoms with Crippen molar-refractivity contribution in [3.8, 4) is 0 Å². The van der Waals surface area contributed by atoms with Gasteiger partial charge in [0.05, 0.1) is 5.02 Å². The molecule has 0 aliphatic rings. The van der Waals surface area contributed by atoms with Gasteiger partial charge in [-0.05, 0) is 18.2 Å². The Hall–Kier alpha value is -1.99. The van der Waals surface area contributed by atoms with E-state index in [9.17, 15) is 18.8 Å². The van der Waals surface area contributed by atoms with E-state index in [1.165, 1.54) is 6.07 Å². The minimum Gasteiger partial charge on any atom is -0.329 e. The molecule has 1 aromatic carbocycles. The number of carbonyl (C=O) groups is 3. The van der Waals surface area contributed by atoms with Crippen LogP contribution in [0, 0.1) is 5.82 Å². The maximum absolute atomic E-state index is 13.0. The summed E-state index contributed by atoms with van der Waals surface area (Å²) < 4.78 is 13.0. The summed E-state index contributed by atoms with van der Waals surface area (Å²) in [6.07, 6.45) is 0. The third-order valence-corrected chi connectivity index (χ3v) is 2.64. The van der Waals surface area contributed by atoms with Crippen LogP contribution in [0.5, 0.6) is 0 Å². The molecule has 0 radical (unpaired) electrons. The molecule has 1 rings (SSSR count). The van der Waals surface area contributed by atoms with Gasteiger partial charge < -0.3 is 11.1 Å². The minimum atomic E-state index is -1.04. The molecule has 0 saturated heterocycles. The van der Waals surface area contributed by atoms with Crippen LogP contribution in [-0.4, -0.2) is 35.7 Å². The van der Waals surface area contributed by atoms with Crippen molar-refractivity contribution in [2.24, 2.45) is 5.73 Å². The van der Waals surface area contributed by atoms with Gasteiger partial charge in [-0.1, -0.05) is 11.6 Å². The molecule has 6 nitrogen and oxygen atoms in total. The normalized spacial score (nSPS) is 10.0. The molecule has 8 heteroatoms. The average molecular weight is 302 g/mol. The molecular weight excluding hydrogens is 289 g/mol. The summed E-state index contributed by atoms with van der Waals surface area (Å²) in [4.78, 5) is 35.4. The number of carbonyl (C=O) groups excluding carboxylic acids is 3. The lowest BCUT2D eigenvalue weighted by atomic mass is 10.3. The number of imide groups is 1. The molecule has 20 heavy (non-hydrogen) atoms. The van der Waals surface area contributed by atoms with Crippen molar-refractivity contribution in [1.82, 2.24) is 4.90 Å². The summed E-state index contributed by atoms with van der Waals surface area (Å²) >= 11 is 5.55. The van der Waals surface area contributed by atoms with Gasteiger partial charge in [0.1, 0.15) is 5.82 Å². The van der Waals surface area contributed by atoms with Crippen molar-refractivity contribution in [3.05, 3.63) is 29.0 Å². The highest BCUT2D eigenvalue weighted by Crippen LogP contribution is 2.19. The van der Waals surface area contributed by atoms with Crippen LogP contribution in [0.4, 0.5) is 10.1 Å². The van der Waals surface area contributed by atoms with Crippen molar-refractivity contribution < 1.29 is 18.8 Å². The van der Waals surface area contributed by atoms with Crippen LogP contribution >= 0.6 is 11.6 Å². The zero-order chi connectivity index (χ0) is 15.3. The van der Waals surface area contributed by atoms with E-state index in [-0.39, 0.29) is 23.8 Å². The molecule has 0 aliphatic heterocycles. The number of nitrogens with one attached hydrogen (secondary N) is 1. The van der Waals surface area contributed by atoms with Gasteiger partial charge in [0, 0.05) is 25.7 Å². The number of nitrogens with zero attached hydrogens (tertiary/aromatic N) is 1. The van der Waals surface area contributed by atoms with Crippen molar-refractivity contribution in [3.63, 3.8) is 0 Å². The monoisotopic (exact) mass is 301 g/mol. The highest BCUT2D eigenvalue weighted by molar-refractivity contribution is 6.41. The second-order valence-corrected chi connectivity index (χ2v) is 4.25. The van der Waals surface area contributed by atoms with E-state index in [4.69, 9.17) is 17.3 Å². The van der Waals surface area contributed by atoms with Gasteiger partial charge in [-0.25, -0.2) is 4.39 Å². The van der Waals surface area contributed by atoms with Crippen LogP contribution in [0.3, 0.4) is 0 Å². The third-order valence-electron chi connectivity index (χ3n) is 2.35. The first-order valence-electron chi connectivity index (χ1n) is 5.65. The highest BCUT2D eigenvalue weighted by atomic mass is 35.5. The lowest BCUT2D eigenvalue weighted by molar-refractivity contribution is -0.149. The van der Waals surface area contributed by atoms with Crippen molar-refractivity contribution in [2.45, 2.75) is 6.92 Å². The Morgan fingerprint density at radius 3 is 2.55 bits per heavy atom. The molecule has 3 amide bonds. The smallest absolute Gasteiger partial charge is 0.318 e. The Morgan fingerprint density at radius 1 is 1.40 bits per heavy atom. The number of hydrogen-bond donors (Lipinski definition) is 2. The zero-order valence-corrected chi connectivity index (χ0v) is 11.4. The molecule has 3 N–H and O–H groups in total. The molecule has 0 aromatic heterocycles. The summed E-state index contributed by atoms with van der Waals surface area (Å²) in [5.41, 5.74) is 5.40. The maximum Gasteiger partial charge on any atom is 0.318 e. The lowest BCUT2D eigenvalue weighted by Crippen LogP contribution is -2.44. The van der Waals surface area contributed by atoms with E-state index < -0.39 is 23.5 Å². The summed E-state index contributed by atoms with van der Waals surface area (Å²) in [6, 6.07) is 3.45. The van der Waals surface area contributed by atoms with Crippen LogP contribution in [-0.2, 0) is 14.4 Å². The number of benzene rings is 1. The Kier molecular flexibility index (Phi) is 5.60. The van der Waals surface area contributed by atoms with E-state index in [0.29, 0.717) is 0 Å². The summed E-state index contributed by atoms with van der Waals surface area (Å²) in [6.45, 7) is 1.13. The number of halogens is 2. The van der Waals surface area contributed by atoms with Crippen LogP contribution in [0.1, 0.15) is 6.92 Å². The first-order chi connectivity index (χ1) is 9.36. The molecule has 0 fully saturated rings. The minimum absolute atomic E-state index is 0.0426. The van der Waals surface area contributed by atoms with E-state index in [0.717, 1.165) is 24.0 Å². The summed E-state index contributed by atoms with van der Waals surface area (Å²) in [5, 5.41) is 2.04. The molecule has 0 bridgehead atoms. The summed E-state index contributed by atoms with van der Waals surface area (Å²) in [7, 11) is 0. The first kappa shape index (κ1) is 16.1. The molecule has 0 aliphatic carbocycles. The zero-order valence-electron chi connectivity index (χ0n) is 10.7. The highest BCUT2D eigenvalue weighted by Gasteiger charge is 2.24. The number of hydrogen-bond acceptors (Lipinski definition) is 4. The number of amides is 3. The Labute approximate surface area is 119 Å². The first-order valence-corrected chi connectivity index (χ1v) is 6.03. The topological polar surface area (TPSA) is 92.5 Å². The Bertz CT molecular complexity index is 551. The number of nitrogens with two attached hydrogens (primary N) is 1. The van der Waals surface area contributed by atoms with Gasteiger partial charge >= 0.3 is 11.8 Å². The molecule has 1 aromatic rings. The maximum atomic E-state index is 13.0. The van der Waals surface area contributed by atoms with E-state index in [2.05, 4.69) is 5.32 Å². The largest absolute Gasteiger partial charge is 0.329 e. The fourth-order valence-corrected chi connectivity index (χ4v) is 1.59. The van der Waals surface area contributed by atoms with Crippen molar-refractivity contribution in [2.75, 3.05) is 18.4 Å². The molecule has 0 spiro atoms. The Morgan fingerprint density at radius 2 is 2.05 bits per heavy atom. The molecule has 0 atom stereocenters. The van der Waals surface area contributed by atoms with Crippen LogP contribution in [0.2, 0.25) is 5.02 Å². The number of rotatable bonds is 3. The van der Waals surface area contributed by atoms with Crippen LogP contribution in [0.15, 0.2) is 18.2 Å². The van der Waals surface area contributed by atoms with Gasteiger partial charge in [-0.2, -0.15) is 0 Å².